The number of carbonyl (C=O) groups is 7. The number of amides is 6. The summed E-state index contributed by atoms with van der Waals surface area (Å²) >= 11 is 0. The predicted octanol–water partition coefficient (Wildman–Crippen LogP) is 1.27. The van der Waals surface area contributed by atoms with Crippen molar-refractivity contribution in [1.82, 2.24) is 31.5 Å². The molecule has 1 saturated heterocycles. The maximum Gasteiger partial charge on any atom is 0.305 e. The minimum atomic E-state index is -1.59. The average Bonchev–Trinajstić information content (AvgIpc) is 3.62. The van der Waals surface area contributed by atoms with Crippen molar-refractivity contribution in [1.29, 1.82) is 0 Å². The highest BCUT2D eigenvalue weighted by Gasteiger charge is 2.36. The summed E-state index contributed by atoms with van der Waals surface area (Å²) in [5.41, 5.74) is 0.680. The molecule has 0 saturated carbocycles. The predicted molar refractivity (Wildman–Crippen MR) is 198 cm³/mol. The number of aliphatic hydroxyl groups is 1. The van der Waals surface area contributed by atoms with Crippen LogP contribution in [0.25, 0.3) is 0 Å². The summed E-state index contributed by atoms with van der Waals surface area (Å²) in [7, 11) is 0. The molecule has 1 aromatic rings. The number of nitrogens with one attached hydrogen (secondary N) is 5. The summed E-state index contributed by atoms with van der Waals surface area (Å²) in [4.78, 5) is 93.7. The average molecular weight is 745 g/mol. The smallest absolute Gasteiger partial charge is 0.305 e. The van der Waals surface area contributed by atoms with Gasteiger partial charge in [-0.1, -0.05) is 78.8 Å². The van der Waals surface area contributed by atoms with E-state index in [9.17, 15) is 43.8 Å². The van der Waals surface area contributed by atoms with Gasteiger partial charge in [-0.15, -0.1) is 0 Å². The van der Waals surface area contributed by atoms with Crippen molar-refractivity contribution in [3.63, 3.8) is 0 Å². The zero-order valence-electron chi connectivity index (χ0n) is 32.2. The Morgan fingerprint density at radius 3 is 1.75 bits per heavy atom. The quantitative estimate of drug-likeness (QED) is 0.102. The molecule has 0 aliphatic carbocycles. The van der Waals surface area contributed by atoms with Gasteiger partial charge in [-0.05, 0) is 48.5 Å². The number of hydrogen-bond acceptors (Lipinski definition) is 8. The van der Waals surface area contributed by atoms with Gasteiger partial charge in [-0.2, -0.15) is 0 Å². The van der Waals surface area contributed by atoms with Crippen molar-refractivity contribution in [3.8, 4) is 0 Å². The van der Waals surface area contributed by atoms with Crippen LogP contribution in [0, 0.1) is 17.3 Å². The summed E-state index contributed by atoms with van der Waals surface area (Å²) in [6, 6.07) is 3.43. The van der Waals surface area contributed by atoms with Crippen LogP contribution in [0.3, 0.4) is 0 Å². The van der Waals surface area contributed by atoms with Crippen molar-refractivity contribution in [2.24, 2.45) is 17.3 Å². The van der Waals surface area contributed by atoms with Crippen LogP contribution in [0.2, 0.25) is 0 Å². The zero-order chi connectivity index (χ0) is 39.9. The van der Waals surface area contributed by atoms with Crippen LogP contribution in [-0.4, -0.2) is 106 Å². The Kier molecular flexibility index (Phi) is 17.9. The topological polar surface area (TPSA) is 223 Å². The van der Waals surface area contributed by atoms with E-state index in [1.807, 2.05) is 51.1 Å². The SMILES string of the molecule is CC(C)[C@H](NC(=O)CCc1ccccc1)C(=O)N[C@H](C(=O)N[C@@H](CC(=O)N1CCCC1)C(=O)N[C@@H](CC(=O)O)C(=O)N[C@H](CO)CC(C)(C)C)C(C)C. The standard InChI is InChI=1S/C38H60N6O9/c1-23(2)32(42-29(46)16-15-25-13-9-8-10-14-25)37(53)43-33(24(3)4)36(52)41-27(19-30(47)44-17-11-12-18-44)35(51)40-28(20-31(48)49)34(50)39-26(22-45)21-38(5,6)7/h8-10,13-14,23-24,26-28,32-33,45H,11-12,15-22H2,1-7H3,(H,39,50)(H,40,51)(H,41,52)(H,42,46)(H,43,53)(H,48,49)/t26-,27-,28-,32-,33-/m0/s1. The zero-order valence-corrected chi connectivity index (χ0v) is 32.2. The number of nitrogens with zero attached hydrogens (tertiary/aromatic N) is 1. The van der Waals surface area contributed by atoms with Gasteiger partial charge < -0.3 is 41.7 Å². The third-order valence-corrected chi connectivity index (χ3v) is 8.90. The van der Waals surface area contributed by atoms with Gasteiger partial charge in [0.05, 0.1) is 25.5 Å². The van der Waals surface area contributed by atoms with Crippen molar-refractivity contribution < 1.29 is 43.8 Å². The Bertz CT molecular complexity index is 1410. The second-order valence-corrected chi connectivity index (χ2v) is 15.7. The molecule has 0 spiro atoms. The molecule has 0 unspecified atom stereocenters. The van der Waals surface area contributed by atoms with Crippen molar-refractivity contribution >= 4 is 41.4 Å². The number of carbonyl (C=O) groups excluding carboxylic acids is 6. The molecule has 15 heteroatoms. The molecule has 0 bridgehead atoms. The Hall–Kier alpha value is -4.53. The van der Waals surface area contributed by atoms with Gasteiger partial charge in [0.1, 0.15) is 24.2 Å². The van der Waals surface area contributed by atoms with Gasteiger partial charge >= 0.3 is 5.97 Å². The van der Waals surface area contributed by atoms with Crippen LogP contribution in [0.1, 0.15) is 92.6 Å². The highest BCUT2D eigenvalue weighted by atomic mass is 16.4. The molecular formula is C38H60N6O9. The van der Waals surface area contributed by atoms with E-state index in [4.69, 9.17) is 0 Å². The molecule has 5 atom stereocenters. The van der Waals surface area contributed by atoms with Gasteiger partial charge in [0.25, 0.3) is 0 Å². The number of carboxylic acid groups (broad SMARTS) is 1. The number of carboxylic acids is 1. The summed E-state index contributed by atoms with van der Waals surface area (Å²) in [5, 5.41) is 32.4. The molecular weight excluding hydrogens is 684 g/mol. The Balaban J connectivity index is 2.26. The third kappa shape index (κ3) is 15.9. The number of aliphatic hydroxyl groups excluding tert-OH is 1. The van der Waals surface area contributed by atoms with Crippen LogP contribution in [0.5, 0.6) is 0 Å². The molecule has 53 heavy (non-hydrogen) atoms. The fraction of sp³-hybridized carbons (Fsp3) is 0.658. The maximum absolute atomic E-state index is 13.8. The molecule has 1 aromatic carbocycles. The van der Waals surface area contributed by atoms with E-state index in [0.29, 0.717) is 25.9 Å². The van der Waals surface area contributed by atoms with Gasteiger partial charge in [-0.25, -0.2) is 0 Å². The number of likely N-dealkylation sites (tertiary alicyclic amines) is 1. The largest absolute Gasteiger partial charge is 0.481 e. The Labute approximate surface area is 312 Å². The first-order chi connectivity index (χ1) is 24.8. The molecule has 1 aliphatic heterocycles. The lowest BCUT2D eigenvalue weighted by Crippen LogP contribution is -2.61. The monoisotopic (exact) mass is 744 g/mol. The van der Waals surface area contributed by atoms with Crippen LogP contribution >= 0.6 is 0 Å². The number of hydrogen-bond donors (Lipinski definition) is 7. The normalized spacial score (nSPS) is 15.8. The number of aliphatic carboxylic acids is 1. The van der Waals surface area contributed by atoms with E-state index >= 15 is 0 Å². The second kappa shape index (κ2) is 21.2. The van der Waals surface area contributed by atoms with Crippen molar-refractivity contribution in [3.05, 3.63) is 35.9 Å². The van der Waals surface area contributed by atoms with Crippen LogP contribution in [0.15, 0.2) is 30.3 Å². The lowest BCUT2D eigenvalue weighted by atomic mass is 9.88. The van der Waals surface area contributed by atoms with Gasteiger partial charge in [0, 0.05) is 19.5 Å². The first-order valence-electron chi connectivity index (χ1n) is 18.5. The molecule has 2 rings (SSSR count). The molecule has 15 nitrogen and oxygen atoms in total. The molecule has 6 amide bonds. The summed E-state index contributed by atoms with van der Waals surface area (Å²) in [5.74, 6) is -6.19. The molecule has 0 radical (unpaired) electrons. The Morgan fingerprint density at radius 1 is 0.717 bits per heavy atom. The van der Waals surface area contributed by atoms with Crippen molar-refractivity contribution in [2.75, 3.05) is 19.7 Å². The molecule has 1 fully saturated rings. The summed E-state index contributed by atoms with van der Waals surface area (Å²) in [6.45, 7) is 13.1. The summed E-state index contributed by atoms with van der Waals surface area (Å²) in [6.07, 6.45) is 1.26. The van der Waals surface area contributed by atoms with Crippen LogP contribution in [-0.2, 0) is 40.0 Å². The van der Waals surface area contributed by atoms with E-state index in [2.05, 4.69) is 26.6 Å². The molecule has 1 heterocycles. The number of rotatable bonds is 20. The highest BCUT2D eigenvalue weighted by molar-refractivity contribution is 5.98. The third-order valence-electron chi connectivity index (χ3n) is 8.90. The van der Waals surface area contributed by atoms with E-state index in [1.54, 1.807) is 32.6 Å². The second-order valence-electron chi connectivity index (χ2n) is 15.7. The minimum absolute atomic E-state index is 0.147. The molecule has 1 aliphatic rings. The minimum Gasteiger partial charge on any atom is -0.481 e. The lowest BCUT2D eigenvalue weighted by Gasteiger charge is -2.30. The number of aryl methyl sites for hydroxylation is 1. The fourth-order valence-electron chi connectivity index (χ4n) is 6.06. The van der Waals surface area contributed by atoms with Crippen LogP contribution < -0.4 is 26.6 Å². The van der Waals surface area contributed by atoms with E-state index in [-0.39, 0.29) is 23.7 Å². The fourth-order valence-corrected chi connectivity index (χ4v) is 6.06. The van der Waals surface area contributed by atoms with Gasteiger partial charge in [-0.3, -0.25) is 33.6 Å². The lowest BCUT2D eigenvalue weighted by molar-refractivity contribution is -0.142. The maximum atomic E-state index is 13.8. The summed E-state index contributed by atoms with van der Waals surface area (Å²) < 4.78 is 0. The van der Waals surface area contributed by atoms with E-state index < -0.39 is 91.1 Å². The Morgan fingerprint density at radius 2 is 1.23 bits per heavy atom. The van der Waals surface area contributed by atoms with E-state index in [1.165, 1.54) is 0 Å². The molecule has 0 aromatic heterocycles. The first-order valence-corrected chi connectivity index (χ1v) is 18.5. The van der Waals surface area contributed by atoms with Gasteiger partial charge in [0.15, 0.2) is 0 Å². The van der Waals surface area contributed by atoms with Crippen molar-refractivity contribution in [2.45, 2.75) is 124 Å². The number of benzene rings is 1. The molecule has 7 N–H and O–H groups in total. The highest BCUT2D eigenvalue weighted by Crippen LogP contribution is 2.21. The molecule has 296 valence electrons. The van der Waals surface area contributed by atoms with E-state index in [0.717, 1.165) is 18.4 Å². The van der Waals surface area contributed by atoms with Gasteiger partial charge in [0.2, 0.25) is 35.4 Å². The first kappa shape index (κ1) is 44.6. The van der Waals surface area contributed by atoms with Crippen LogP contribution in [0.4, 0.5) is 0 Å².